The summed E-state index contributed by atoms with van der Waals surface area (Å²) in [5.41, 5.74) is -0.686. The topological polar surface area (TPSA) is 47.6 Å². The lowest BCUT2D eigenvalue weighted by atomic mass is 10.2. The lowest BCUT2D eigenvalue weighted by Gasteiger charge is -2.22. The van der Waals surface area contributed by atoms with E-state index >= 15 is 0 Å². The van der Waals surface area contributed by atoms with Crippen LogP contribution in [0.25, 0.3) is 0 Å². The fraction of sp³-hybridized carbons (Fsp3) is 0.889. The second kappa shape index (κ2) is 5.38. The van der Waals surface area contributed by atoms with Crippen LogP contribution in [0, 0.1) is 0 Å². The number of ether oxygens (including phenoxy) is 2. The van der Waals surface area contributed by atoms with Gasteiger partial charge in [-0.1, -0.05) is 0 Å². The van der Waals surface area contributed by atoms with E-state index in [2.05, 4.69) is 10.1 Å². The summed E-state index contributed by atoms with van der Waals surface area (Å²) in [6.07, 6.45) is -5.46. The molecule has 7 heteroatoms. The van der Waals surface area contributed by atoms with Crippen molar-refractivity contribution >= 4 is 6.09 Å². The molecule has 4 nitrogen and oxygen atoms in total. The van der Waals surface area contributed by atoms with E-state index in [1.165, 1.54) is 6.92 Å². The molecule has 0 aliphatic carbocycles. The number of nitrogens with one attached hydrogen (secondary N) is 1. The van der Waals surface area contributed by atoms with Gasteiger partial charge in [-0.2, -0.15) is 0 Å². The summed E-state index contributed by atoms with van der Waals surface area (Å²) in [4.78, 5) is 11.1. The van der Waals surface area contributed by atoms with E-state index in [-0.39, 0.29) is 0 Å². The molecule has 96 valence electrons. The summed E-state index contributed by atoms with van der Waals surface area (Å²) in [5.74, 6) is 0. The minimum absolute atomic E-state index is 0.650. The largest absolute Gasteiger partial charge is 0.522 e. The Bertz CT molecular complexity index is 235. The van der Waals surface area contributed by atoms with Crippen LogP contribution in [0.1, 0.15) is 27.7 Å². The van der Waals surface area contributed by atoms with Gasteiger partial charge in [0.2, 0.25) is 0 Å². The Morgan fingerprint density at radius 3 is 2.19 bits per heavy atom. The number of hydrogen-bond acceptors (Lipinski definition) is 3. The summed E-state index contributed by atoms with van der Waals surface area (Å²) < 4.78 is 43.4. The molecule has 0 aliphatic rings. The van der Waals surface area contributed by atoms with Gasteiger partial charge in [0.1, 0.15) is 5.60 Å². The number of rotatable bonds is 3. The Labute approximate surface area is 92.1 Å². The Balaban J connectivity index is 3.88. The van der Waals surface area contributed by atoms with Gasteiger partial charge in [0, 0.05) is 0 Å². The molecule has 0 aromatic rings. The van der Waals surface area contributed by atoms with Crippen LogP contribution in [0.4, 0.5) is 18.0 Å². The van der Waals surface area contributed by atoms with E-state index in [1.807, 2.05) is 0 Å². The number of carbonyl (C=O) groups is 1. The highest BCUT2D eigenvalue weighted by Gasteiger charge is 2.30. The zero-order valence-electron chi connectivity index (χ0n) is 9.64. The average Bonchev–Trinajstić information content (AvgIpc) is 1.95. The summed E-state index contributed by atoms with van der Waals surface area (Å²) in [6.45, 7) is 5.70. The number of halogens is 3. The molecule has 1 unspecified atom stereocenters. The van der Waals surface area contributed by atoms with Crippen molar-refractivity contribution in [2.45, 2.75) is 45.7 Å². The van der Waals surface area contributed by atoms with Gasteiger partial charge in [-0.05, 0) is 27.7 Å². The fourth-order valence-corrected chi connectivity index (χ4v) is 0.770. The molecule has 0 radical (unpaired) electrons. The van der Waals surface area contributed by atoms with Crippen molar-refractivity contribution in [1.82, 2.24) is 5.32 Å². The molecule has 0 bridgehead atoms. The standard InChI is InChI=1S/C9H16F3NO3/c1-6(5-15-9(10,11)12)13-7(14)16-8(2,3)4/h6H,5H2,1-4H3,(H,13,14). The molecule has 1 N–H and O–H groups in total. The first-order valence-corrected chi connectivity index (χ1v) is 4.70. The fourth-order valence-electron chi connectivity index (χ4n) is 0.770. The van der Waals surface area contributed by atoms with E-state index in [0.29, 0.717) is 0 Å². The van der Waals surface area contributed by atoms with Gasteiger partial charge < -0.3 is 10.1 Å². The van der Waals surface area contributed by atoms with E-state index in [1.54, 1.807) is 20.8 Å². The summed E-state index contributed by atoms with van der Waals surface area (Å²) in [5, 5.41) is 2.22. The number of alkyl halides is 3. The number of carbonyl (C=O) groups excluding carboxylic acids is 1. The predicted molar refractivity (Wildman–Crippen MR) is 50.8 cm³/mol. The summed E-state index contributed by atoms with van der Waals surface area (Å²) in [7, 11) is 0. The first-order chi connectivity index (χ1) is 6.99. The molecule has 1 amide bonds. The van der Waals surface area contributed by atoms with Gasteiger partial charge in [-0.15, -0.1) is 13.2 Å². The molecular formula is C9H16F3NO3. The smallest absolute Gasteiger partial charge is 0.444 e. The van der Waals surface area contributed by atoms with Crippen LogP contribution in [0.5, 0.6) is 0 Å². The molecule has 0 spiro atoms. The van der Waals surface area contributed by atoms with Crippen molar-refractivity contribution in [3.8, 4) is 0 Å². The molecule has 0 saturated heterocycles. The molecule has 0 saturated carbocycles. The molecule has 0 heterocycles. The Morgan fingerprint density at radius 2 is 1.81 bits per heavy atom. The second-order valence-electron chi connectivity index (χ2n) is 4.30. The van der Waals surface area contributed by atoms with Crippen LogP contribution >= 0.6 is 0 Å². The van der Waals surface area contributed by atoms with E-state index in [0.717, 1.165) is 0 Å². The maximum atomic E-state index is 11.7. The van der Waals surface area contributed by atoms with Crippen LogP contribution in [0.2, 0.25) is 0 Å². The SMILES string of the molecule is CC(COC(F)(F)F)NC(=O)OC(C)(C)C. The van der Waals surface area contributed by atoms with E-state index in [9.17, 15) is 18.0 Å². The van der Waals surface area contributed by atoms with E-state index < -0.39 is 30.7 Å². The van der Waals surface area contributed by atoms with Crippen molar-refractivity contribution in [2.75, 3.05) is 6.61 Å². The summed E-state index contributed by atoms with van der Waals surface area (Å²) >= 11 is 0. The van der Waals surface area contributed by atoms with Crippen LogP contribution < -0.4 is 5.32 Å². The maximum absolute atomic E-state index is 11.7. The first kappa shape index (κ1) is 15.0. The third-order valence-corrected chi connectivity index (χ3v) is 1.26. The lowest BCUT2D eigenvalue weighted by molar-refractivity contribution is -0.325. The normalized spacial score (nSPS) is 14.4. The van der Waals surface area contributed by atoms with Gasteiger partial charge in [-0.3, -0.25) is 4.74 Å². The highest BCUT2D eigenvalue weighted by Crippen LogP contribution is 2.16. The van der Waals surface area contributed by atoms with Crippen LogP contribution in [0.15, 0.2) is 0 Å². The van der Waals surface area contributed by atoms with Crippen LogP contribution in [0.3, 0.4) is 0 Å². The first-order valence-electron chi connectivity index (χ1n) is 4.70. The number of amides is 1. The molecular weight excluding hydrogens is 227 g/mol. The van der Waals surface area contributed by atoms with Crippen molar-refractivity contribution < 1.29 is 27.4 Å². The molecule has 1 atom stereocenters. The second-order valence-corrected chi connectivity index (χ2v) is 4.30. The quantitative estimate of drug-likeness (QED) is 0.828. The van der Waals surface area contributed by atoms with Gasteiger partial charge in [-0.25, -0.2) is 4.79 Å². The lowest BCUT2D eigenvalue weighted by Crippen LogP contribution is -2.40. The van der Waals surface area contributed by atoms with Gasteiger partial charge in [0.15, 0.2) is 0 Å². The van der Waals surface area contributed by atoms with Gasteiger partial charge in [0.25, 0.3) is 0 Å². The Kier molecular flexibility index (Phi) is 5.05. The minimum Gasteiger partial charge on any atom is -0.444 e. The predicted octanol–water partition coefficient (Wildman–Crippen LogP) is 2.44. The van der Waals surface area contributed by atoms with Crippen molar-refractivity contribution in [3.05, 3.63) is 0 Å². The monoisotopic (exact) mass is 243 g/mol. The zero-order chi connectivity index (χ0) is 13.0. The molecule has 0 aromatic heterocycles. The van der Waals surface area contributed by atoms with Crippen molar-refractivity contribution in [3.63, 3.8) is 0 Å². The van der Waals surface area contributed by atoms with E-state index in [4.69, 9.17) is 4.74 Å². The third-order valence-electron chi connectivity index (χ3n) is 1.26. The number of hydrogen-bond donors (Lipinski definition) is 1. The molecule has 16 heavy (non-hydrogen) atoms. The van der Waals surface area contributed by atoms with Crippen LogP contribution in [-0.2, 0) is 9.47 Å². The summed E-state index contributed by atoms with van der Waals surface area (Å²) in [6, 6.07) is -0.781. The molecule has 0 aliphatic heterocycles. The maximum Gasteiger partial charge on any atom is 0.522 e. The van der Waals surface area contributed by atoms with Gasteiger partial charge >= 0.3 is 12.5 Å². The van der Waals surface area contributed by atoms with Crippen molar-refractivity contribution in [1.29, 1.82) is 0 Å². The average molecular weight is 243 g/mol. The molecule has 0 fully saturated rings. The zero-order valence-corrected chi connectivity index (χ0v) is 9.64. The highest BCUT2D eigenvalue weighted by molar-refractivity contribution is 5.68. The minimum atomic E-state index is -4.69. The Hall–Kier alpha value is -0.980. The highest BCUT2D eigenvalue weighted by atomic mass is 19.4. The number of alkyl carbamates (subject to hydrolysis) is 1. The van der Waals surface area contributed by atoms with Crippen molar-refractivity contribution in [2.24, 2.45) is 0 Å². The van der Waals surface area contributed by atoms with Crippen LogP contribution in [-0.4, -0.2) is 30.7 Å². The molecule has 0 aromatic carbocycles. The Morgan fingerprint density at radius 1 is 1.31 bits per heavy atom. The third kappa shape index (κ3) is 9.57. The molecule has 0 rings (SSSR count). The van der Waals surface area contributed by atoms with Gasteiger partial charge in [0.05, 0.1) is 12.6 Å².